The Morgan fingerprint density at radius 1 is 1.62 bits per heavy atom. The number of aliphatic hydroxyl groups excluding tert-OH is 1. The molecule has 0 fully saturated rings. The molecule has 0 radical (unpaired) electrons. The van der Waals surface area contributed by atoms with Gasteiger partial charge in [-0.3, -0.25) is 4.79 Å². The SMILES string of the molecule is CCCC(O)C(=O)C1=CCCCC1. The lowest BCUT2D eigenvalue weighted by Gasteiger charge is -2.14. The molecular formula is C11H18O2. The van der Waals surface area contributed by atoms with Crippen LogP contribution in [0.25, 0.3) is 0 Å². The van der Waals surface area contributed by atoms with Gasteiger partial charge in [-0.2, -0.15) is 0 Å². The predicted molar refractivity (Wildman–Crippen MR) is 52.5 cm³/mol. The second kappa shape index (κ2) is 5.18. The van der Waals surface area contributed by atoms with Gasteiger partial charge >= 0.3 is 0 Å². The van der Waals surface area contributed by atoms with Crippen LogP contribution < -0.4 is 0 Å². The van der Waals surface area contributed by atoms with Gasteiger partial charge in [0.05, 0.1) is 0 Å². The van der Waals surface area contributed by atoms with Crippen LogP contribution in [0.3, 0.4) is 0 Å². The highest BCUT2D eigenvalue weighted by atomic mass is 16.3. The van der Waals surface area contributed by atoms with Crippen LogP contribution in [0.15, 0.2) is 11.6 Å². The van der Waals surface area contributed by atoms with Gasteiger partial charge < -0.3 is 5.11 Å². The summed E-state index contributed by atoms with van der Waals surface area (Å²) in [7, 11) is 0. The van der Waals surface area contributed by atoms with Crippen molar-refractivity contribution in [1.82, 2.24) is 0 Å². The molecule has 0 aromatic carbocycles. The Labute approximate surface area is 79.6 Å². The minimum Gasteiger partial charge on any atom is -0.385 e. The van der Waals surface area contributed by atoms with Gasteiger partial charge in [-0.1, -0.05) is 19.4 Å². The molecule has 1 atom stereocenters. The van der Waals surface area contributed by atoms with E-state index in [0.29, 0.717) is 6.42 Å². The first-order valence-electron chi connectivity index (χ1n) is 5.17. The topological polar surface area (TPSA) is 37.3 Å². The highest BCUT2D eigenvalue weighted by Crippen LogP contribution is 2.20. The summed E-state index contributed by atoms with van der Waals surface area (Å²) in [4.78, 5) is 11.6. The summed E-state index contributed by atoms with van der Waals surface area (Å²) in [6.07, 6.45) is 6.83. The third-order valence-corrected chi connectivity index (χ3v) is 2.47. The van der Waals surface area contributed by atoms with Crippen molar-refractivity contribution in [3.63, 3.8) is 0 Å². The zero-order chi connectivity index (χ0) is 9.68. The molecule has 74 valence electrons. The maximum Gasteiger partial charge on any atom is 0.186 e. The van der Waals surface area contributed by atoms with Crippen molar-refractivity contribution in [3.05, 3.63) is 11.6 Å². The van der Waals surface area contributed by atoms with E-state index in [1.165, 1.54) is 6.42 Å². The average molecular weight is 182 g/mol. The standard InChI is InChI=1S/C11H18O2/c1-2-6-10(12)11(13)9-7-4-3-5-8-9/h7,10,12H,2-6,8H2,1H3. The first kappa shape index (κ1) is 10.5. The Morgan fingerprint density at radius 2 is 2.38 bits per heavy atom. The van der Waals surface area contributed by atoms with Crippen LogP contribution in [0.4, 0.5) is 0 Å². The maximum absolute atomic E-state index is 11.6. The van der Waals surface area contributed by atoms with Gasteiger partial charge in [0.1, 0.15) is 6.10 Å². The molecule has 1 aliphatic carbocycles. The molecule has 0 aromatic rings. The quantitative estimate of drug-likeness (QED) is 0.723. The Balaban J connectivity index is 2.50. The van der Waals surface area contributed by atoms with E-state index in [-0.39, 0.29) is 5.78 Å². The molecule has 0 bridgehead atoms. The fourth-order valence-electron chi connectivity index (χ4n) is 1.68. The maximum atomic E-state index is 11.6. The van der Waals surface area contributed by atoms with Crippen molar-refractivity contribution in [1.29, 1.82) is 0 Å². The summed E-state index contributed by atoms with van der Waals surface area (Å²) in [6.45, 7) is 1.98. The van der Waals surface area contributed by atoms with Crippen LogP contribution in [0.2, 0.25) is 0 Å². The molecular weight excluding hydrogens is 164 g/mol. The third-order valence-electron chi connectivity index (χ3n) is 2.47. The number of hydrogen-bond donors (Lipinski definition) is 1. The van der Waals surface area contributed by atoms with Gasteiger partial charge in [-0.15, -0.1) is 0 Å². The summed E-state index contributed by atoms with van der Waals surface area (Å²) >= 11 is 0. The molecule has 2 heteroatoms. The monoisotopic (exact) mass is 182 g/mol. The molecule has 0 saturated heterocycles. The summed E-state index contributed by atoms with van der Waals surface area (Å²) in [5, 5.41) is 9.48. The Bertz CT molecular complexity index is 206. The first-order valence-corrected chi connectivity index (χ1v) is 5.17. The molecule has 1 aliphatic rings. The second-order valence-corrected chi connectivity index (χ2v) is 3.64. The second-order valence-electron chi connectivity index (χ2n) is 3.64. The van der Waals surface area contributed by atoms with E-state index >= 15 is 0 Å². The normalized spacial score (nSPS) is 19.4. The lowest BCUT2D eigenvalue weighted by atomic mass is 9.93. The number of hydrogen-bond acceptors (Lipinski definition) is 2. The molecule has 1 rings (SSSR count). The van der Waals surface area contributed by atoms with E-state index in [0.717, 1.165) is 31.3 Å². The fraction of sp³-hybridized carbons (Fsp3) is 0.727. The van der Waals surface area contributed by atoms with Gasteiger partial charge in [0, 0.05) is 0 Å². The molecule has 0 spiro atoms. The largest absolute Gasteiger partial charge is 0.385 e. The molecule has 0 heterocycles. The van der Waals surface area contributed by atoms with Gasteiger partial charge in [0.15, 0.2) is 5.78 Å². The summed E-state index contributed by atoms with van der Waals surface area (Å²) in [5.41, 5.74) is 0.854. The number of ketones is 1. The number of allylic oxidation sites excluding steroid dienone is 1. The molecule has 2 nitrogen and oxygen atoms in total. The van der Waals surface area contributed by atoms with Crippen molar-refractivity contribution in [3.8, 4) is 0 Å². The number of carbonyl (C=O) groups is 1. The van der Waals surface area contributed by atoms with Crippen LogP contribution >= 0.6 is 0 Å². The van der Waals surface area contributed by atoms with Crippen molar-refractivity contribution in [2.24, 2.45) is 0 Å². The average Bonchev–Trinajstić information content (AvgIpc) is 2.18. The van der Waals surface area contributed by atoms with Crippen LogP contribution in [-0.2, 0) is 4.79 Å². The number of Topliss-reactive ketones (excluding diaryl/α,β-unsaturated/α-hetero) is 1. The van der Waals surface area contributed by atoms with Gasteiger partial charge in [0.2, 0.25) is 0 Å². The van der Waals surface area contributed by atoms with Crippen LogP contribution in [0.5, 0.6) is 0 Å². The van der Waals surface area contributed by atoms with Crippen molar-refractivity contribution in [2.45, 2.75) is 51.6 Å². The molecule has 0 aromatic heterocycles. The van der Waals surface area contributed by atoms with Crippen LogP contribution in [0, 0.1) is 0 Å². The molecule has 0 amide bonds. The third kappa shape index (κ3) is 2.96. The first-order chi connectivity index (χ1) is 6.25. The Hall–Kier alpha value is -0.630. The van der Waals surface area contributed by atoms with Crippen molar-refractivity contribution in [2.75, 3.05) is 0 Å². The Morgan fingerprint density at radius 3 is 2.92 bits per heavy atom. The molecule has 1 N–H and O–H groups in total. The highest BCUT2D eigenvalue weighted by Gasteiger charge is 2.19. The summed E-state index contributed by atoms with van der Waals surface area (Å²) in [6, 6.07) is 0. The molecule has 13 heavy (non-hydrogen) atoms. The number of aliphatic hydroxyl groups is 1. The van der Waals surface area contributed by atoms with E-state index in [4.69, 9.17) is 0 Å². The summed E-state index contributed by atoms with van der Waals surface area (Å²) < 4.78 is 0. The van der Waals surface area contributed by atoms with E-state index in [1.54, 1.807) is 0 Å². The lowest BCUT2D eigenvalue weighted by molar-refractivity contribution is -0.123. The van der Waals surface area contributed by atoms with Gasteiger partial charge in [-0.05, 0) is 37.7 Å². The molecule has 0 aliphatic heterocycles. The zero-order valence-corrected chi connectivity index (χ0v) is 8.25. The van der Waals surface area contributed by atoms with Crippen molar-refractivity contribution < 1.29 is 9.90 Å². The van der Waals surface area contributed by atoms with E-state index in [1.807, 2.05) is 13.0 Å². The van der Waals surface area contributed by atoms with Crippen LogP contribution in [0.1, 0.15) is 45.4 Å². The fourth-order valence-corrected chi connectivity index (χ4v) is 1.68. The van der Waals surface area contributed by atoms with Gasteiger partial charge in [0.25, 0.3) is 0 Å². The van der Waals surface area contributed by atoms with E-state index < -0.39 is 6.10 Å². The van der Waals surface area contributed by atoms with Crippen LogP contribution in [-0.4, -0.2) is 17.0 Å². The van der Waals surface area contributed by atoms with E-state index in [2.05, 4.69) is 0 Å². The Kier molecular flexibility index (Phi) is 4.16. The lowest BCUT2D eigenvalue weighted by Crippen LogP contribution is -2.22. The number of rotatable bonds is 4. The highest BCUT2D eigenvalue weighted by molar-refractivity contribution is 5.98. The van der Waals surface area contributed by atoms with E-state index in [9.17, 15) is 9.90 Å². The molecule has 0 saturated carbocycles. The molecule has 1 unspecified atom stereocenters. The predicted octanol–water partition coefficient (Wildman–Crippen LogP) is 2.22. The summed E-state index contributed by atoms with van der Waals surface area (Å²) in [5.74, 6) is -0.0402. The van der Waals surface area contributed by atoms with Crippen molar-refractivity contribution >= 4 is 5.78 Å². The smallest absolute Gasteiger partial charge is 0.186 e. The van der Waals surface area contributed by atoms with Gasteiger partial charge in [-0.25, -0.2) is 0 Å². The number of carbonyl (C=O) groups excluding carboxylic acids is 1. The minimum atomic E-state index is -0.755. The minimum absolute atomic E-state index is 0.0402. The zero-order valence-electron chi connectivity index (χ0n) is 8.25.